The molecule has 0 aliphatic heterocycles. The molecule has 1 aromatic rings. The largest absolute Gasteiger partial charge is 0.492 e. The number of thioether (sulfide) groups is 1. The van der Waals surface area contributed by atoms with E-state index >= 15 is 0 Å². The topological polar surface area (TPSA) is 132 Å². The standard InChI is InChI=1S/C25H39N3O7S/c1-17(29)27-16-36-25(5,6)15-21(30)28-20(22(31)33-7)14-18-8-10-19(11-9-18)34-13-12-26-23(32)35-24(2,3)4/h8-11,20H,12-16H2,1-7H3,(H,26,32)(H,27,29)(H,28,30)/t20-/m0/s1. The maximum absolute atomic E-state index is 12.6. The third kappa shape index (κ3) is 13.8. The predicted molar refractivity (Wildman–Crippen MR) is 139 cm³/mol. The van der Waals surface area contributed by atoms with Crippen LogP contribution in [0.15, 0.2) is 24.3 Å². The maximum Gasteiger partial charge on any atom is 0.407 e. The molecule has 36 heavy (non-hydrogen) atoms. The lowest BCUT2D eigenvalue weighted by Gasteiger charge is -2.25. The Morgan fingerprint density at radius 3 is 2.19 bits per heavy atom. The number of methoxy groups -OCH3 is 1. The summed E-state index contributed by atoms with van der Waals surface area (Å²) in [6, 6.07) is 6.25. The monoisotopic (exact) mass is 525 g/mol. The molecule has 1 atom stereocenters. The van der Waals surface area contributed by atoms with Gasteiger partial charge in [-0.2, -0.15) is 0 Å². The average molecular weight is 526 g/mol. The molecular weight excluding hydrogens is 486 g/mol. The quantitative estimate of drug-likeness (QED) is 0.204. The Morgan fingerprint density at radius 1 is 1.00 bits per heavy atom. The number of amides is 3. The summed E-state index contributed by atoms with van der Waals surface area (Å²) in [7, 11) is 1.27. The summed E-state index contributed by atoms with van der Waals surface area (Å²) in [6.07, 6.45) is -0.0974. The van der Waals surface area contributed by atoms with Crippen molar-refractivity contribution in [3.63, 3.8) is 0 Å². The molecule has 0 saturated carbocycles. The average Bonchev–Trinajstić information content (AvgIpc) is 2.74. The first-order valence-electron chi connectivity index (χ1n) is 11.6. The SMILES string of the molecule is COC(=O)[C@H](Cc1ccc(OCCNC(=O)OC(C)(C)C)cc1)NC(=O)CC(C)(C)SCNC(C)=O. The molecule has 0 bridgehead atoms. The summed E-state index contributed by atoms with van der Waals surface area (Å²) in [5.41, 5.74) is 0.245. The highest BCUT2D eigenvalue weighted by molar-refractivity contribution is 8.00. The van der Waals surface area contributed by atoms with Crippen molar-refractivity contribution < 1.29 is 33.4 Å². The molecule has 3 amide bonds. The molecule has 0 heterocycles. The zero-order valence-corrected chi connectivity index (χ0v) is 23.0. The summed E-state index contributed by atoms with van der Waals surface area (Å²) in [5, 5.41) is 8.07. The molecule has 0 radical (unpaired) electrons. The van der Waals surface area contributed by atoms with Crippen LogP contribution in [0.1, 0.15) is 53.5 Å². The van der Waals surface area contributed by atoms with Crippen molar-refractivity contribution in [2.45, 2.75) is 70.8 Å². The summed E-state index contributed by atoms with van der Waals surface area (Å²) in [4.78, 5) is 47.6. The third-order valence-electron chi connectivity index (χ3n) is 4.59. The van der Waals surface area contributed by atoms with E-state index in [4.69, 9.17) is 14.2 Å². The molecule has 0 fully saturated rings. The number of hydrogen-bond donors (Lipinski definition) is 3. The van der Waals surface area contributed by atoms with Gasteiger partial charge >= 0.3 is 12.1 Å². The number of carbonyl (C=O) groups excluding carboxylic acids is 4. The van der Waals surface area contributed by atoms with Gasteiger partial charge in [-0.1, -0.05) is 26.0 Å². The van der Waals surface area contributed by atoms with Crippen LogP contribution in [0.4, 0.5) is 4.79 Å². The molecule has 0 saturated heterocycles. The Balaban J connectivity index is 2.58. The molecular formula is C25H39N3O7S. The molecule has 0 aromatic heterocycles. The smallest absolute Gasteiger partial charge is 0.407 e. The second-order valence-corrected chi connectivity index (χ2v) is 11.4. The van der Waals surface area contributed by atoms with Gasteiger partial charge in [0, 0.05) is 24.5 Å². The van der Waals surface area contributed by atoms with Gasteiger partial charge in [-0.05, 0) is 38.5 Å². The Hall–Kier alpha value is -2.95. The van der Waals surface area contributed by atoms with Crippen LogP contribution in [0, 0.1) is 0 Å². The number of esters is 1. The van der Waals surface area contributed by atoms with Gasteiger partial charge < -0.3 is 30.2 Å². The number of hydrogen-bond acceptors (Lipinski definition) is 8. The van der Waals surface area contributed by atoms with Crippen LogP contribution in [0.25, 0.3) is 0 Å². The molecule has 1 rings (SSSR count). The number of rotatable bonds is 13. The molecule has 0 unspecified atom stereocenters. The van der Waals surface area contributed by atoms with Crippen molar-refractivity contribution in [1.82, 2.24) is 16.0 Å². The number of nitrogens with one attached hydrogen (secondary N) is 3. The van der Waals surface area contributed by atoms with E-state index in [2.05, 4.69) is 16.0 Å². The first-order valence-corrected chi connectivity index (χ1v) is 12.6. The van der Waals surface area contributed by atoms with Crippen molar-refractivity contribution in [1.29, 1.82) is 0 Å². The molecule has 3 N–H and O–H groups in total. The fraction of sp³-hybridized carbons (Fsp3) is 0.600. The second-order valence-electron chi connectivity index (χ2n) is 9.73. The third-order valence-corrected chi connectivity index (χ3v) is 5.81. The van der Waals surface area contributed by atoms with Gasteiger partial charge in [0.1, 0.15) is 24.0 Å². The Kier molecular flexibility index (Phi) is 12.6. The van der Waals surface area contributed by atoms with Crippen LogP contribution in [-0.4, -0.2) is 66.4 Å². The zero-order valence-electron chi connectivity index (χ0n) is 22.2. The highest BCUT2D eigenvalue weighted by Gasteiger charge is 2.27. The lowest BCUT2D eigenvalue weighted by Crippen LogP contribution is -2.44. The predicted octanol–water partition coefficient (Wildman–Crippen LogP) is 2.79. The minimum atomic E-state index is -0.844. The number of benzene rings is 1. The fourth-order valence-electron chi connectivity index (χ4n) is 2.95. The Bertz CT molecular complexity index is 883. The van der Waals surface area contributed by atoms with Crippen LogP contribution < -0.4 is 20.7 Å². The van der Waals surface area contributed by atoms with Crippen LogP contribution in [0.5, 0.6) is 5.75 Å². The lowest BCUT2D eigenvalue weighted by atomic mass is 10.0. The molecule has 0 aliphatic carbocycles. The summed E-state index contributed by atoms with van der Waals surface area (Å²) in [5.74, 6) is 0.0223. The van der Waals surface area contributed by atoms with Gasteiger partial charge in [0.15, 0.2) is 0 Å². The molecule has 0 spiro atoms. The van der Waals surface area contributed by atoms with E-state index in [9.17, 15) is 19.2 Å². The van der Waals surface area contributed by atoms with Gasteiger partial charge in [-0.15, -0.1) is 11.8 Å². The zero-order chi connectivity index (χ0) is 27.4. The van der Waals surface area contributed by atoms with E-state index in [0.717, 1.165) is 5.56 Å². The van der Waals surface area contributed by atoms with Crippen molar-refractivity contribution in [3.8, 4) is 5.75 Å². The van der Waals surface area contributed by atoms with Gasteiger partial charge in [0.2, 0.25) is 11.8 Å². The van der Waals surface area contributed by atoms with Crippen LogP contribution in [0.2, 0.25) is 0 Å². The number of ether oxygens (including phenoxy) is 3. The van der Waals surface area contributed by atoms with Crippen molar-refractivity contribution in [2.75, 3.05) is 26.1 Å². The summed E-state index contributed by atoms with van der Waals surface area (Å²) in [6.45, 7) is 11.1. The first kappa shape index (κ1) is 31.1. The number of alkyl carbamates (subject to hydrolysis) is 1. The van der Waals surface area contributed by atoms with Gasteiger partial charge in [0.25, 0.3) is 0 Å². The van der Waals surface area contributed by atoms with Crippen molar-refractivity contribution in [2.24, 2.45) is 0 Å². The van der Waals surface area contributed by atoms with Gasteiger partial charge in [-0.25, -0.2) is 9.59 Å². The Morgan fingerprint density at radius 2 is 1.64 bits per heavy atom. The molecule has 0 aliphatic rings. The highest BCUT2D eigenvalue weighted by atomic mass is 32.2. The van der Waals surface area contributed by atoms with Crippen LogP contribution in [-0.2, 0) is 30.3 Å². The first-order chi connectivity index (χ1) is 16.7. The lowest BCUT2D eigenvalue weighted by molar-refractivity contribution is -0.145. The van der Waals surface area contributed by atoms with Gasteiger partial charge in [-0.3, -0.25) is 9.59 Å². The van der Waals surface area contributed by atoms with E-state index in [1.807, 2.05) is 13.8 Å². The van der Waals surface area contributed by atoms with Gasteiger partial charge in [0.05, 0.1) is 19.5 Å². The minimum Gasteiger partial charge on any atom is -0.492 e. The normalized spacial score (nSPS) is 12.2. The van der Waals surface area contributed by atoms with E-state index in [1.165, 1.54) is 25.8 Å². The summed E-state index contributed by atoms with van der Waals surface area (Å²) < 4.78 is 15.2. The van der Waals surface area contributed by atoms with Crippen molar-refractivity contribution >= 4 is 35.6 Å². The second kappa shape index (κ2) is 14.6. The fourth-order valence-corrected chi connectivity index (χ4v) is 3.84. The van der Waals surface area contributed by atoms with Crippen LogP contribution in [0.3, 0.4) is 0 Å². The molecule has 202 valence electrons. The maximum atomic E-state index is 12.6. The van der Waals surface area contributed by atoms with E-state index < -0.39 is 28.5 Å². The Labute approximate surface area is 217 Å². The molecule has 1 aromatic carbocycles. The van der Waals surface area contributed by atoms with E-state index in [1.54, 1.807) is 45.0 Å². The minimum absolute atomic E-state index is 0.137. The number of carbonyl (C=O) groups is 4. The van der Waals surface area contributed by atoms with E-state index in [0.29, 0.717) is 11.6 Å². The van der Waals surface area contributed by atoms with E-state index in [-0.39, 0.29) is 37.8 Å². The summed E-state index contributed by atoms with van der Waals surface area (Å²) >= 11 is 1.44. The highest BCUT2D eigenvalue weighted by Crippen LogP contribution is 2.27. The molecule has 10 nitrogen and oxygen atoms in total. The van der Waals surface area contributed by atoms with Crippen molar-refractivity contribution in [3.05, 3.63) is 29.8 Å². The molecule has 11 heteroatoms. The van der Waals surface area contributed by atoms with Crippen LogP contribution >= 0.6 is 11.8 Å².